The monoisotopic (exact) mass is 593 g/mol. The largest absolute Gasteiger partial charge is 0.465 e. The van der Waals surface area contributed by atoms with Crippen molar-refractivity contribution in [2.75, 3.05) is 25.1 Å². The van der Waals surface area contributed by atoms with Crippen molar-refractivity contribution < 1.29 is 33.4 Å². The fourth-order valence-corrected chi connectivity index (χ4v) is 4.77. The van der Waals surface area contributed by atoms with E-state index in [-0.39, 0.29) is 25.5 Å². The summed E-state index contributed by atoms with van der Waals surface area (Å²) in [5.41, 5.74) is 2.12. The Morgan fingerprint density at radius 1 is 0.636 bits per heavy atom. The summed E-state index contributed by atoms with van der Waals surface area (Å²) in [5.74, 6) is -2.60. The second kappa shape index (κ2) is 15.3. The first kappa shape index (κ1) is 31.7. The Morgan fingerprint density at radius 2 is 1.20 bits per heavy atom. The van der Waals surface area contributed by atoms with E-state index in [4.69, 9.17) is 14.2 Å². The van der Waals surface area contributed by atoms with E-state index < -0.39 is 29.9 Å². The molecule has 0 saturated carbocycles. The van der Waals surface area contributed by atoms with Gasteiger partial charge in [0, 0.05) is 11.3 Å². The highest BCUT2D eigenvalue weighted by Crippen LogP contribution is 2.29. The molecule has 0 aliphatic heterocycles. The zero-order chi connectivity index (χ0) is 31.4. The highest BCUT2D eigenvalue weighted by Gasteiger charge is 2.52. The summed E-state index contributed by atoms with van der Waals surface area (Å²) in [6.07, 6.45) is 0.508. The zero-order valence-electron chi connectivity index (χ0n) is 24.8. The van der Waals surface area contributed by atoms with Crippen LogP contribution in [-0.2, 0) is 46.9 Å². The molecule has 226 valence electrons. The Balaban J connectivity index is 1.42. The van der Waals surface area contributed by atoms with Crippen LogP contribution in [0.15, 0.2) is 109 Å². The number of hydrogen-bond donors (Lipinski definition) is 1. The van der Waals surface area contributed by atoms with Gasteiger partial charge >= 0.3 is 17.9 Å². The molecule has 0 radical (unpaired) electrons. The van der Waals surface area contributed by atoms with Crippen LogP contribution >= 0.6 is 0 Å². The molecule has 0 unspecified atom stereocenters. The van der Waals surface area contributed by atoms with Gasteiger partial charge in [-0.2, -0.15) is 0 Å². The number of rotatable bonds is 13. The zero-order valence-corrected chi connectivity index (χ0v) is 24.8. The maximum absolute atomic E-state index is 13.1. The Kier molecular flexibility index (Phi) is 11.0. The second-order valence-corrected chi connectivity index (χ2v) is 10.0. The van der Waals surface area contributed by atoms with E-state index in [0.29, 0.717) is 28.8 Å². The maximum atomic E-state index is 13.1. The van der Waals surface area contributed by atoms with Crippen molar-refractivity contribution >= 4 is 29.5 Å². The number of carbonyl (C=O) groups is 4. The number of hydrogen-bond acceptors (Lipinski definition) is 7. The van der Waals surface area contributed by atoms with Gasteiger partial charge in [-0.25, -0.2) is 0 Å². The molecule has 0 aromatic heterocycles. The van der Waals surface area contributed by atoms with Crippen LogP contribution in [-0.4, -0.2) is 43.6 Å². The quantitative estimate of drug-likeness (QED) is 0.121. The van der Waals surface area contributed by atoms with E-state index >= 15 is 0 Å². The van der Waals surface area contributed by atoms with Crippen molar-refractivity contribution in [3.8, 4) is 0 Å². The Bertz CT molecular complexity index is 1550. The fraction of sp³-hybridized carbons (Fsp3) is 0.222. The molecule has 0 spiro atoms. The van der Waals surface area contributed by atoms with Crippen molar-refractivity contribution in [2.45, 2.75) is 32.1 Å². The van der Waals surface area contributed by atoms with Gasteiger partial charge in [-0.1, -0.05) is 91.0 Å². The lowest BCUT2D eigenvalue weighted by Gasteiger charge is -2.29. The van der Waals surface area contributed by atoms with Crippen molar-refractivity contribution in [3.63, 3.8) is 0 Å². The highest BCUT2D eigenvalue weighted by molar-refractivity contribution is 6.07. The first-order valence-electron chi connectivity index (χ1n) is 14.4. The number of ether oxygens (including phenoxy) is 3. The Hall–Kier alpha value is -5.24. The van der Waals surface area contributed by atoms with Crippen LogP contribution < -0.4 is 5.32 Å². The van der Waals surface area contributed by atoms with E-state index in [1.54, 1.807) is 74.5 Å². The van der Waals surface area contributed by atoms with Crippen molar-refractivity contribution in [1.82, 2.24) is 0 Å². The lowest BCUT2D eigenvalue weighted by atomic mass is 9.81. The van der Waals surface area contributed by atoms with E-state index in [0.717, 1.165) is 11.1 Å². The minimum atomic E-state index is -1.96. The van der Waals surface area contributed by atoms with Crippen LogP contribution in [0.2, 0.25) is 0 Å². The number of amides is 1. The minimum Gasteiger partial charge on any atom is -0.465 e. The van der Waals surface area contributed by atoms with Crippen molar-refractivity contribution in [1.29, 1.82) is 0 Å². The smallest absolute Gasteiger partial charge is 0.331 e. The molecule has 1 N–H and O–H groups in total. The SMILES string of the molecule is CCOC(=O)C(COC(=O)Cc1ccc(NC(=O)c2ccccc2Cc2ccccc2)cc1)(C(=O)OCC)c1ccccc1. The lowest BCUT2D eigenvalue weighted by molar-refractivity contribution is -0.170. The Morgan fingerprint density at radius 3 is 1.82 bits per heavy atom. The van der Waals surface area contributed by atoms with Crippen LogP contribution in [0.1, 0.15) is 46.5 Å². The van der Waals surface area contributed by atoms with Crippen LogP contribution in [0, 0.1) is 0 Å². The van der Waals surface area contributed by atoms with Gasteiger partial charge in [-0.15, -0.1) is 0 Å². The molecule has 8 heteroatoms. The van der Waals surface area contributed by atoms with Crippen molar-refractivity contribution in [3.05, 3.63) is 137 Å². The molecule has 0 fully saturated rings. The van der Waals surface area contributed by atoms with E-state index in [2.05, 4.69) is 5.32 Å². The molecule has 0 aliphatic rings. The van der Waals surface area contributed by atoms with Crippen LogP contribution in [0.25, 0.3) is 0 Å². The molecular weight excluding hydrogens is 558 g/mol. The second-order valence-electron chi connectivity index (χ2n) is 10.0. The van der Waals surface area contributed by atoms with E-state index in [1.165, 1.54) is 0 Å². The molecule has 4 rings (SSSR count). The van der Waals surface area contributed by atoms with Crippen LogP contribution in [0.3, 0.4) is 0 Å². The molecule has 1 amide bonds. The van der Waals surface area contributed by atoms with Crippen LogP contribution in [0.4, 0.5) is 5.69 Å². The summed E-state index contributed by atoms with van der Waals surface area (Å²) in [5, 5.41) is 2.92. The normalized spacial score (nSPS) is 10.9. The van der Waals surface area contributed by atoms with Gasteiger partial charge in [0.25, 0.3) is 5.91 Å². The van der Waals surface area contributed by atoms with Crippen LogP contribution in [0.5, 0.6) is 0 Å². The van der Waals surface area contributed by atoms with Crippen molar-refractivity contribution in [2.24, 2.45) is 0 Å². The third-order valence-electron chi connectivity index (χ3n) is 7.02. The molecule has 0 aliphatic carbocycles. The van der Waals surface area contributed by atoms with Gasteiger partial charge < -0.3 is 19.5 Å². The summed E-state index contributed by atoms with van der Waals surface area (Å²) < 4.78 is 16.0. The predicted molar refractivity (Wildman–Crippen MR) is 166 cm³/mol. The third-order valence-corrected chi connectivity index (χ3v) is 7.02. The summed E-state index contributed by atoms with van der Waals surface area (Å²) >= 11 is 0. The molecule has 0 atom stereocenters. The number of benzene rings is 4. The summed E-state index contributed by atoms with van der Waals surface area (Å²) in [6, 6.07) is 32.5. The average molecular weight is 594 g/mol. The molecule has 44 heavy (non-hydrogen) atoms. The van der Waals surface area contributed by atoms with E-state index in [1.807, 2.05) is 48.5 Å². The van der Waals surface area contributed by atoms with Gasteiger partial charge in [0.1, 0.15) is 6.61 Å². The molecule has 4 aromatic rings. The number of nitrogens with one attached hydrogen (secondary N) is 1. The topological polar surface area (TPSA) is 108 Å². The lowest BCUT2D eigenvalue weighted by Crippen LogP contribution is -2.50. The third kappa shape index (κ3) is 7.77. The average Bonchev–Trinajstić information content (AvgIpc) is 3.04. The number of anilines is 1. The van der Waals surface area contributed by atoms with E-state index in [9.17, 15) is 19.2 Å². The standard InChI is InChI=1S/C36H35NO7/c1-3-42-34(40)36(35(41)43-4-2,29-16-9-6-10-17-29)25-44-32(38)24-27-19-21-30(22-20-27)37-33(39)31-18-12-11-15-28(31)23-26-13-7-5-8-14-26/h5-22H,3-4,23-25H2,1-2H3,(H,37,39). The van der Waals surface area contributed by atoms with Gasteiger partial charge in [0.15, 0.2) is 0 Å². The number of esters is 3. The Labute approximate surface area is 257 Å². The molecule has 0 bridgehead atoms. The maximum Gasteiger partial charge on any atom is 0.331 e. The minimum absolute atomic E-state index is 0.0300. The molecule has 0 saturated heterocycles. The molecule has 8 nitrogen and oxygen atoms in total. The summed E-state index contributed by atoms with van der Waals surface area (Å²) in [7, 11) is 0. The van der Waals surface area contributed by atoms with Gasteiger partial charge in [-0.3, -0.25) is 19.2 Å². The molecule has 4 aromatic carbocycles. The number of carbonyl (C=O) groups excluding carboxylic acids is 4. The summed E-state index contributed by atoms with van der Waals surface area (Å²) in [4.78, 5) is 52.3. The molecule has 0 heterocycles. The predicted octanol–water partition coefficient (Wildman–Crippen LogP) is 5.68. The first-order chi connectivity index (χ1) is 21.4. The summed E-state index contributed by atoms with van der Waals surface area (Å²) in [6.45, 7) is 2.73. The first-order valence-corrected chi connectivity index (χ1v) is 14.4. The molecular formula is C36H35NO7. The highest BCUT2D eigenvalue weighted by atomic mass is 16.6. The van der Waals surface area contributed by atoms with Gasteiger partial charge in [-0.05, 0) is 60.7 Å². The van der Waals surface area contributed by atoms with Gasteiger partial charge in [0.2, 0.25) is 5.41 Å². The van der Waals surface area contributed by atoms with Gasteiger partial charge in [0.05, 0.1) is 19.6 Å². The fourth-order valence-electron chi connectivity index (χ4n) is 4.77.